The van der Waals surface area contributed by atoms with Crippen LogP contribution in [0.5, 0.6) is 0 Å². The summed E-state index contributed by atoms with van der Waals surface area (Å²) in [6, 6.07) is 5.19. The molecular weight excluding hydrogens is 283 g/mol. The Kier molecular flexibility index (Phi) is 4.39. The zero-order valence-corrected chi connectivity index (χ0v) is 11.7. The van der Waals surface area contributed by atoms with E-state index in [1.807, 2.05) is 6.92 Å². The van der Waals surface area contributed by atoms with E-state index in [0.29, 0.717) is 17.1 Å². The molecule has 0 aliphatic heterocycles. The predicted molar refractivity (Wildman–Crippen MR) is 75.8 cm³/mol. The maximum Gasteiger partial charge on any atom is 0.331 e. The molecule has 0 saturated heterocycles. The number of rotatable bonds is 4. The second-order valence-electron chi connectivity index (χ2n) is 4.45. The highest BCUT2D eigenvalue weighted by molar-refractivity contribution is 6.31. The van der Waals surface area contributed by atoms with E-state index in [2.05, 4.69) is 0 Å². The summed E-state index contributed by atoms with van der Waals surface area (Å²) in [6.45, 7) is 2.42. The fraction of sp³-hybridized carbons (Fsp3) is 0.286. The van der Waals surface area contributed by atoms with Gasteiger partial charge in [0.05, 0.1) is 6.54 Å². The van der Waals surface area contributed by atoms with E-state index in [-0.39, 0.29) is 6.54 Å². The Labute approximate surface area is 120 Å². The zero-order valence-electron chi connectivity index (χ0n) is 11.0. The smallest absolute Gasteiger partial charge is 0.300 e. The number of hydrogen-bond acceptors (Lipinski definition) is 2. The minimum absolute atomic E-state index is 0.0428. The van der Waals surface area contributed by atoms with Crippen LogP contribution >= 0.6 is 11.6 Å². The molecule has 0 radical (unpaired) electrons. The van der Waals surface area contributed by atoms with Gasteiger partial charge >= 0.3 is 5.69 Å². The summed E-state index contributed by atoms with van der Waals surface area (Å²) in [5.41, 5.74) is -0.442. The molecule has 0 unspecified atom stereocenters. The van der Waals surface area contributed by atoms with Crippen molar-refractivity contribution in [3.05, 3.63) is 67.7 Å². The molecule has 0 aliphatic carbocycles. The minimum Gasteiger partial charge on any atom is -0.300 e. The fourth-order valence-corrected chi connectivity index (χ4v) is 2.13. The largest absolute Gasteiger partial charge is 0.331 e. The highest BCUT2D eigenvalue weighted by Crippen LogP contribution is 2.17. The van der Waals surface area contributed by atoms with Crippen LogP contribution in [0, 0.1) is 5.82 Å². The van der Waals surface area contributed by atoms with Crippen molar-refractivity contribution in [3.8, 4) is 0 Å². The molecule has 20 heavy (non-hydrogen) atoms. The molecule has 0 saturated carbocycles. The van der Waals surface area contributed by atoms with Gasteiger partial charge in [0, 0.05) is 23.8 Å². The van der Waals surface area contributed by atoms with Gasteiger partial charge in [0.15, 0.2) is 0 Å². The van der Waals surface area contributed by atoms with Gasteiger partial charge in [-0.1, -0.05) is 18.5 Å². The van der Waals surface area contributed by atoms with Crippen molar-refractivity contribution in [2.75, 3.05) is 0 Å². The molecule has 2 rings (SSSR count). The molecule has 1 aromatic heterocycles. The first kappa shape index (κ1) is 14.5. The van der Waals surface area contributed by atoms with Gasteiger partial charge in [-0.15, -0.1) is 0 Å². The van der Waals surface area contributed by atoms with Crippen LogP contribution in [-0.2, 0) is 13.1 Å². The van der Waals surface area contributed by atoms with Crippen LogP contribution in [0.4, 0.5) is 4.39 Å². The average Bonchev–Trinajstić information content (AvgIpc) is 2.42. The Morgan fingerprint density at radius 1 is 1.25 bits per heavy atom. The van der Waals surface area contributed by atoms with E-state index in [1.54, 1.807) is 0 Å². The summed E-state index contributed by atoms with van der Waals surface area (Å²) in [4.78, 5) is 24.0. The first-order valence-corrected chi connectivity index (χ1v) is 6.65. The van der Waals surface area contributed by atoms with E-state index >= 15 is 0 Å². The molecule has 0 fully saturated rings. The molecule has 1 heterocycles. The third kappa shape index (κ3) is 2.99. The van der Waals surface area contributed by atoms with Gasteiger partial charge in [-0.05, 0) is 30.2 Å². The van der Waals surface area contributed by atoms with Crippen LogP contribution in [-0.4, -0.2) is 9.13 Å². The van der Waals surface area contributed by atoms with Gasteiger partial charge in [0.1, 0.15) is 5.82 Å². The standard InChI is InChI=1S/C14H14ClFN2O2/c1-2-6-17-7-5-13(19)18(14(17)20)9-10-8-11(16)3-4-12(10)15/h3-5,7-8H,2,6,9H2,1H3. The van der Waals surface area contributed by atoms with Crippen LogP contribution in [0.15, 0.2) is 40.1 Å². The van der Waals surface area contributed by atoms with Crippen LogP contribution in [0.25, 0.3) is 0 Å². The number of benzene rings is 1. The zero-order chi connectivity index (χ0) is 14.7. The van der Waals surface area contributed by atoms with Gasteiger partial charge in [-0.2, -0.15) is 0 Å². The third-order valence-corrected chi connectivity index (χ3v) is 3.31. The van der Waals surface area contributed by atoms with Gasteiger partial charge < -0.3 is 4.57 Å². The number of halogens is 2. The van der Waals surface area contributed by atoms with Crippen molar-refractivity contribution in [2.45, 2.75) is 26.4 Å². The molecule has 4 nitrogen and oxygen atoms in total. The topological polar surface area (TPSA) is 44.0 Å². The van der Waals surface area contributed by atoms with E-state index < -0.39 is 17.1 Å². The molecule has 0 N–H and O–H groups in total. The lowest BCUT2D eigenvalue weighted by Crippen LogP contribution is -2.39. The molecule has 0 aliphatic rings. The Balaban J connectivity index is 2.48. The minimum atomic E-state index is -0.456. The monoisotopic (exact) mass is 296 g/mol. The Morgan fingerprint density at radius 2 is 2.00 bits per heavy atom. The second-order valence-corrected chi connectivity index (χ2v) is 4.86. The quantitative estimate of drug-likeness (QED) is 0.868. The third-order valence-electron chi connectivity index (χ3n) is 2.94. The molecule has 0 spiro atoms. The summed E-state index contributed by atoms with van der Waals surface area (Å²) >= 11 is 5.96. The maximum absolute atomic E-state index is 13.2. The van der Waals surface area contributed by atoms with Crippen LogP contribution in [0.3, 0.4) is 0 Å². The molecular formula is C14H14ClFN2O2. The Morgan fingerprint density at radius 3 is 2.70 bits per heavy atom. The molecule has 0 bridgehead atoms. The summed E-state index contributed by atoms with van der Waals surface area (Å²) in [5.74, 6) is -0.456. The lowest BCUT2D eigenvalue weighted by Gasteiger charge is -2.10. The van der Waals surface area contributed by atoms with Gasteiger partial charge in [-0.25, -0.2) is 9.18 Å². The van der Waals surface area contributed by atoms with E-state index in [1.165, 1.54) is 35.0 Å². The number of nitrogens with zero attached hydrogens (tertiary/aromatic N) is 2. The molecule has 6 heteroatoms. The summed E-state index contributed by atoms with van der Waals surface area (Å²) in [7, 11) is 0. The van der Waals surface area contributed by atoms with Crippen LogP contribution < -0.4 is 11.2 Å². The van der Waals surface area contributed by atoms with E-state index in [4.69, 9.17) is 11.6 Å². The fourth-order valence-electron chi connectivity index (χ4n) is 1.95. The van der Waals surface area contributed by atoms with Crippen molar-refractivity contribution < 1.29 is 4.39 Å². The molecule has 0 amide bonds. The normalized spacial score (nSPS) is 10.8. The number of hydrogen-bond donors (Lipinski definition) is 0. The highest BCUT2D eigenvalue weighted by atomic mass is 35.5. The van der Waals surface area contributed by atoms with Crippen LogP contribution in [0.2, 0.25) is 5.02 Å². The SMILES string of the molecule is CCCn1ccc(=O)n(Cc2cc(F)ccc2Cl)c1=O. The molecule has 0 atom stereocenters. The average molecular weight is 297 g/mol. The van der Waals surface area contributed by atoms with E-state index in [0.717, 1.165) is 11.0 Å². The van der Waals surface area contributed by atoms with Crippen LogP contribution in [0.1, 0.15) is 18.9 Å². The predicted octanol–water partition coefficient (Wildman–Crippen LogP) is 2.26. The first-order valence-electron chi connectivity index (χ1n) is 6.27. The molecule has 1 aromatic carbocycles. The van der Waals surface area contributed by atoms with Gasteiger partial charge in [0.2, 0.25) is 0 Å². The highest BCUT2D eigenvalue weighted by Gasteiger charge is 2.09. The molecule has 2 aromatic rings. The lowest BCUT2D eigenvalue weighted by molar-refractivity contribution is 0.568. The van der Waals surface area contributed by atoms with Crippen molar-refractivity contribution in [1.29, 1.82) is 0 Å². The van der Waals surface area contributed by atoms with Crippen molar-refractivity contribution >= 4 is 11.6 Å². The van der Waals surface area contributed by atoms with Crippen molar-refractivity contribution in [2.24, 2.45) is 0 Å². The molecule has 106 valence electrons. The maximum atomic E-state index is 13.2. The first-order chi connectivity index (χ1) is 9.52. The number of aryl methyl sites for hydroxylation is 1. The van der Waals surface area contributed by atoms with E-state index in [9.17, 15) is 14.0 Å². The Bertz CT molecular complexity index is 737. The summed E-state index contributed by atoms with van der Waals surface area (Å²) < 4.78 is 15.7. The summed E-state index contributed by atoms with van der Waals surface area (Å²) in [5, 5.41) is 0.323. The van der Waals surface area contributed by atoms with Crippen molar-refractivity contribution in [3.63, 3.8) is 0 Å². The lowest BCUT2D eigenvalue weighted by atomic mass is 10.2. The summed E-state index contributed by atoms with van der Waals surface area (Å²) in [6.07, 6.45) is 2.25. The Hall–Kier alpha value is -1.88. The van der Waals surface area contributed by atoms with Gasteiger partial charge in [0.25, 0.3) is 5.56 Å². The number of aromatic nitrogens is 2. The van der Waals surface area contributed by atoms with Crippen molar-refractivity contribution in [1.82, 2.24) is 9.13 Å². The van der Waals surface area contributed by atoms with Gasteiger partial charge in [-0.3, -0.25) is 9.36 Å². The second kappa shape index (κ2) is 6.05.